The summed E-state index contributed by atoms with van der Waals surface area (Å²) in [4.78, 5) is 2.41. The van der Waals surface area contributed by atoms with Gasteiger partial charge in [0.15, 0.2) is 0 Å². The number of hydrogen-bond donors (Lipinski definition) is 1. The van der Waals surface area contributed by atoms with Crippen molar-refractivity contribution in [2.45, 2.75) is 12.6 Å². The molecule has 1 fully saturated rings. The zero-order valence-corrected chi connectivity index (χ0v) is 12.6. The maximum absolute atomic E-state index is 5.63. The fourth-order valence-electron chi connectivity index (χ4n) is 1.91. The Hall–Kier alpha value is 0.120. The van der Waals surface area contributed by atoms with Crippen LogP contribution in [-0.4, -0.2) is 37.2 Å². The molecule has 0 spiro atoms. The van der Waals surface area contributed by atoms with Gasteiger partial charge >= 0.3 is 0 Å². The van der Waals surface area contributed by atoms with Gasteiger partial charge in [-0.3, -0.25) is 4.90 Å². The third-order valence-electron chi connectivity index (χ3n) is 2.81. The predicted octanol–water partition coefficient (Wildman–Crippen LogP) is 1.87. The molecule has 3 nitrogen and oxygen atoms in total. The number of hydrogen-bond acceptors (Lipinski definition) is 3. The monoisotopic (exact) mass is 368 g/mol. The minimum absolute atomic E-state index is 0. The maximum Gasteiger partial charge on any atom is 0.0824 e. The Bertz CT molecular complexity index is 334. The summed E-state index contributed by atoms with van der Waals surface area (Å²) in [5, 5.41) is 0. The Balaban J connectivity index is 0.00000144. The third-order valence-corrected chi connectivity index (χ3v) is 3.52. The van der Waals surface area contributed by atoms with E-state index in [9.17, 15) is 0 Å². The molecule has 2 rings (SSSR count). The molecule has 1 aromatic carbocycles. The van der Waals surface area contributed by atoms with E-state index in [1.165, 1.54) is 9.13 Å². The molecular formula is C12H18ClIN2O. The van der Waals surface area contributed by atoms with Gasteiger partial charge in [0.2, 0.25) is 0 Å². The highest BCUT2D eigenvalue weighted by molar-refractivity contribution is 14.1. The molecular weight excluding hydrogens is 351 g/mol. The van der Waals surface area contributed by atoms with Crippen molar-refractivity contribution in [1.82, 2.24) is 4.90 Å². The van der Waals surface area contributed by atoms with Crippen LogP contribution in [-0.2, 0) is 11.3 Å². The molecule has 17 heavy (non-hydrogen) atoms. The topological polar surface area (TPSA) is 38.5 Å². The molecule has 1 unspecified atom stereocenters. The largest absolute Gasteiger partial charge is 0.374 e. The van der Waals surface area contributed by atoms with Gasteiger partial charge in [0.05, 0.1) is 12.7 Å². The first kappa shape index (κ1) is 15.2. The second-order valence-electron chi connectivity index (χ2n) is 4.09. The highest BCUT2D eigenvalue weighted by atomic mass is 127. The van der Waals surface area contributed by atoms with E-state index in [4.69, 9.17) is 10.5 Å². The summed E-state index contributed by atoms with van der Waals surface area (Å²) in [6, 6.07) is 8.68. The van der Waals surface area contributed by atoms with Crippen LogP contribution >= 0.6 is 35.0 Å². The van der Waals surface area contributed by atoms with Crippen LogP contribution in [0.25, 0.3) is 0 Å². The molecule has 1 aliphatic rings. The van der Waals surface area contributed by atoms with Gasteiger partial charge < -0.3 is 10.5 Å². The number of nitrogens with two attached hydrogens (primary N) is 1. The number of morpholine rings is 1. The highest BCUT2D eigenvalue weighted by Crippen LogP contribution is 2.12. The molecule has 0 amide bonds. The Labute approximate surface area is 122 Å². The van der Waals surface area contributed by atoms with E-state index in [-0.39, 0.29) is 18.5 Å². The van der Waals surface area contributed by atoms with Crippen molar-refractivity contribution >= 4 is 35.0 Å². The third kappa shape index (κ3) is 4.71. The fraction of sp³-hybridized carbons (Fsp3) is 0.500. The van der Waals surface area contributed by atoms with E-state index in [0.717, 1.165) is 26.2 Å². The zero-order valence-electron chi connectivity index (χ0n) is 9.64. The number of rotatable bonds is 3. The molecule has 0 aliphatic carbocycles. The Morgan fingerprint density at radius 2 is 2.06 bits per heavy atom. The van der Waals surface area contributed by atoms with E-state index < -0.39 is 0 Å². The number of nitrogens with zero attached hydrogens (tertiary/aromatic N) is 1. The van der Waals surface area contributed by atoms with Crippen LogP contribution in [0.2, 0.25) is 0 Å². The van der Waals surface area contributed by atoms with Crippen LogP contribution in [0.4, 0.5) is 0 Å². The summed E-state index contributed by atoms with van der Waals surface area (Å²) in [5.74, 6) is 0. The van der Waals surface area contributed by atoms with Crippen LogP contribution in [0.3, 0.4) is 0 Å². The van der Waals surface area contributed by atoms with E-state index in [1.807, 2.05) is 0 Å². The summed E-state index contributed by atoms with van der Waals surface area (Å²) in [6.07, 6.45) is 0.206. The van der Waals surface area contributed by atoms with Gasteiger partial charge in [-0.05, 0) is 40.3 Å². The molecule has 0 bridgehead atoms. The average Bonchev–Trinajstić information content (AvgIpc) is 2.32. The Morgan fingerprint density at radius 1 is 1.35 bits per heavy atom. The van der Waals surface area contributed by atoms with E-state index in [0.29, 0.717) is 6.54 Å². The molecule has 0 radical (unpaired) electrons. The van der Waals surface area contributed by atoms with Crippen LogP contribution in [0, 0.1) is 3.57 Å². The summed E-state index contributed by atoms with van der Waals surface area (Å²) in [6.45, 7) is 4.36. The molecule has 0 aromatic heterocycles. The molecule has 2 N–H and O–H groups in total. The summed E-state index contributed by atoms with van der Waals surface area (Å²) >= 11 is 2.33. The lowest BCUT2D eigenvalue weighted by Crippen LogP contribution is -2.45. The predicted molar refractivity (Wildman–Crippen MR) is 80.5 cm³/mol. The van der Waals surface area contributed by atoms with Gasteiger partial charge in [-0.15, -0.1) is 12.4 Å². The van der Waals surface area contributed by atoms with Crippen molar-refractivity contribution < 1.29 is 4.74 Å². The smallest absolute Gasteiger partial charge is 0.0824 e. The Kier molecular flexibility index (Phi) is 6.72. The molecule has 0 saturated carbocycles. The first-order chi connectivity index (χ1) is 7.78. The summed E-state index contributed by atoms with van der Waals surface area (Å²) in [5.41, 5.74) is 6.99. The SMILES string of the molecule is Cl.NCC1CN(Cc2ccc(I)cc2)CCO1. The quantitative estimate of drug-likeness (QED) is 0.828. The Morgan fingerprint density at radius 3 is 2.71 bits per heavy atom. The normalized spacial score (nSPS) is 20.9. The first-order valence-electron chi connectivity index (χ1n) is 5.56. The molecule has 1 heterocycles. The summed E-state index contributed by atoms with van der Waals surface area (Å²) < 4.78 is 6.83. The van der Waals surface area contributed by atoms with Gasteiger partial charge in [0, 0.05) is 29.7 Å². The first-order valence-corrected chi connectivity index (χ1v) is 6.64. The van der Waals surface area contributed by atoms with Gasteiger partial charge in [0.1, 0.15) is 0 Å². The van der Waals surface area contributed by atoms with Crippen LogP contribution in [0.1, 0.15) is 5.56 Å². The van der Waals surface area contributed by atoms with E-state index in [2.05, 4.69) is 51.8 Å². The molecule has 1 aromatic rings. The minimum Gasteiger partial charge on any atom is -0.374 e. The standard InChI is InChI=1S/C12H17IN2O.ClH/c13-11-3-1-10(2-4-11)8-15-5-6-16-12(7-14)9-15;/h1-4,12H,5-9,14H2;1H. The fourth-order valence-corrected chi connectivity index (χ4v) is 2.27. The van der Waals surface area contributed by atoms with E-state index in [1.54, 1.807) is 0 Å². The van der Waals surface area contributed by atoms with Crippen LogP contribution in [0.5, 0.6) is 0 Å². The maximum atomic E-state index is 5.63. The lowest BCUT2D eigenvalue weighted by molar-refractivity contribution is -0.0260. The van der Waals surface area contributed by atoms with Crippen molar-refractivity contribution in [3.63, 3.8) is 0 Å². The number of ether oxygens (including phenoxy) is 1. The number of benzene rings is 1. The number of halogens is 2. The molecule has 5 heteroatoms. The van der Waals surface area contributed by atoms with Gasteiger partial charge in [0.25, 0.3) is 0 Å². The lowest BCUT2D eigenvalue weighted by atomic mass is 10.2. The molecule has 1 aliphatic heterocycles. The highest BCUT2D eigenvalue weighted by Gasteiger charge is 2.18. The molecule has 96 valence electrons. The minimum atomic E-state index is 0. The summed E-state index contributed by atoms with van der Waals surface area (Å²) in [7, 11) is 0. The van der Waals surface area contributed by atoms with Gasteiger partial charge in [-0.1, -0.05) is 12.1 Å². The van der Waals surface area contributed by atoms with Crippen molar-refractivity contribution in [2.24, 2.45) is 5.73 Å². The van der Waals surface area contributed by atoms with Gasteiger partial charge in [-0.25, -0.2) is 0 Å². The lowest BCUT2D eigenvalue weighted by Gasteiger charge is -2.32. The van der Waals surface area contributed by atoms with Crippen molar-refractivity contribution in [1.29, 1.82) is 0 Å². The zero-order chi connectivity index (χ0) is 11.4. The van der Waals surface area contributed by atoms with Crippen LogP contribution in [0.15, 0.2) is 24.3 Å². The second kappa shape index (κ2) is 7.53. The molecule has 1 atom stereocenters. The van der Waals surface area contributed by atoms with Crippen LogP contribution < -0.4 is 5.73 Å². The van der Waals surface area contributed by atoms with Crippen molar-refractivity contribution in [3.8, 4) is 0 Å². The van der Waals surface area contributed by atoms with Gasteiger partial charge in [-0.2, -0.15) is 0 Å². The molecule has 1 saturated heterocycles. The second-order valence-corrected chi connectivity index (χ2v) is 5.34. The van der Waals surface area contributed by atoms with Crippen molar-refractivity contribution in [2.75, 3.05) is 26.2 Å². The average molecular weight is 369 g/mol. The van der Waals surface area contributed by atoms with E-state index >= 15 is 0 Å². The van der Waals surface area contributed by atoms with Crippen molar-refractivity contribution in [3.05, 3.63) is 33.4 Å².